The number of hydrogen-bond donors (Lipinski definition) is 0. The SMILES string of the molecule is ClC12C=CC=CC1S2. The van der Waals surface area contributed by atoms with Crippen LogP contribution in [-0.2, 0) is 0 Å². The van der Waals surface area contributed by atoms with Gasteiger partial charge in [-0.15, -0.1) is 23.4 Å². The van der Waals surface area contributed by atoms with Crippen LogP contribution in [0.1, 0.15) is 0 Å². The minimum atomic E-state index is -0.0330. The van der Waals surface area contributed by atoms with Crippen LogP contribution in [0.25, 0.3) is 0 Å². The Kier molecular flexibility index (Phi) is 0.827. The van der Waals surface area contributed by atoms with Gasteiger partial charge in [-0.3, -0.25) is 0 Å². The van der Waals surface area contributed by atoms with Crippen LogP contribution in [0.3, 0.4) is 0 Å². The molecule has 2 heteroatoms. The maximum absolute atomic E-state index is 5.97. The third-order valence-corrected chi connectivity index (χ3v) is 3.40. The van der Waals surface area contributed by atoms with Crippen molar-refractivity contribution in [1.82, 2.24) is 0 Å². The van der Waals surface area contributed by atoms with Crippen molar-refractivity contribution < 1.29 is 0 Å². The average Bonchev–Trinajstić information content (AvgIpc) is 2.39. The van der Waals surface area contributed by atoms with E-state index in [2.05, 4.69) is 6.08 Å². The summed E-state index contributed by atoms with van der Waals surface area (Å²) in [5.41, 5.74) is 0. The van der Waals surface area contributed by atoms with Crippen LogP contribution in [-0.4, -0.2) is 9.46 Å². The van der Waals surface area contributed by atoms with Gasteiger partial charge in [0, 0.05) is 0 Å². The average molecular weight is 145 g/mol. The maximum Gasteiger partial charge on any atom is 0.124 e. The Labute approximate surface area is 57.6 Å². The first-order valence-corrected chi connectivity index (χ1v) is 3.80. The van der Waals surface area contributed by atoms with E-state index in [0.717, 1.165) is 0 Å². The maximum atomic E-state index is 5.97. The van der Waals surface area contributed by atoms with E-state index >= 15 is 0 Å². The molecule has 1 saturated heterocycles. The first kappa shape index (κ1) is 4.95. The molecule has 1 fully saturated rings. The molecule has 1 aliphatic heterocycles. The molecule has 0 radical (unpaired) electrons. The van der Waals surface area contributed by atoms with Crippen molar-refractivity contribution in [3.05, 3.63) is 24.3 Å². The molecule has 0 N–H and O–H groups in total. The van der Waals surface area contributed by atoms with Crippen molar-refractivity contribution >= 4 is 23.4 Å². The summed E-state index contributed by atoms with van der Waals surface area (Å²) < 4.78 is -0.0330. The van der Waals surface area contributed by atoms with Crippen molar-refractivity contribution in [2.45, 2.75) is 9.46 Å². The fourth-order valence-electron chi connectivity index (χ4n) is 0.817. The molecule has 0 aromatic carbocycles. The summed E-state index contributed by atoms with van der Waals surface area (Å²) in [6, 6.07) is 0. The molecule has 0 nitrogen and oxygen atoms in total. The summed E-state index contributed by atoms with van der Waals surface area (Å²) >= 11 is 7.76. The number of thioether (sulfide) groups is 1. The molecule has 0 aromatic heterocycles. The van der Waals surface area contributed by atoms with Gasteiger partial charge in [-0.25, -0.2) is 0 Å². The van der Waals surface area contributed by atoms with Crippen molar-refractivity contribution in [1.29, 1.82) is 0 Å². The zero-order valence-corrected chi connectivity index (χ0v) is 5.75. The standard InChI is InChI=1S/C6H5ClS/c7-6-4-2-1-3-5(6)8-6/h1-5H. The zero-order valence-electron chi connectivity index (χ0n) is 4.17. The number of hydrogen-bond acceptors (Lipinski definition) is 1. The molecule has 0 spiro atoms. The largest absolute Gasteiger partial charge is 0.124 e. The summed E-state index contributed by atoms with van der Waals surface area (Å²) in [6.45, 7) is 0. The zero-order chi connectivity index (χ0) is 5.61. The normalized spacial score (nSPS) is 48.9. The van der Waals surface area contributed by atoms with Gasteiger partial charge < -0.3 is 0 Å². The summed E-state index contributed by atoms with van der Waals surface area (Å²) in [5.74, 6) is 0. The highest BCUT2D eigenvalue weighted by Crippen LogP contribution is 2.59. The predicted octanol–water partition coefficient (Wildman–Crippen LogP) is 2.16. The molecule has 2 unspecified atom stereocenters. The molecular weight excluding hydrogens is 140 g/mol. The Hall–Kier alpha value is 0.120. The van der Waals surface area contributed by atoms with Gasteiger partial charge in [0.15, 0.2) is 0 Å². The predicted molar refractivity (Wildman–Crippen MR) is 38.2 cm³/mol. The molecule has 1 aliphatic carbocycles. The third-order valence-electron chi connectivity index (χ3n) is 1.36. The molecule has 2 aliphatic rings. The second kappa shape index (κ2) is 1.34. The number of halogens is 1. The minimum Gasteiger partial charge on any atom is -0.123 e. The summed E-state index contributed by atoms with van der Waals surface area (Å²) in [7, 11) is 0. The fourth-order valence-corrected chi connectivity index (χ4v) is 2.06. The topological polar surface area (TPSA) is 0 Å². The van der Waals surface area contributed by atoms with Gasteiger partial charge in [-0.05, 0) is 0 Å². The van der Waals surface area contributed by atoms with Gasteiger partial charge in [-0.1, -0.05) is 24.3 Å². The van der Waals surface area contributed by atoms with Crippen LogP contribution in [0.5, 0.6) is 0 Å². The van der Waals surface area contributed by atoms with Crippen LogP contribution < -0.4 is 0 Å². The highest BCUT2D eigenvalue weighted by atomic mass is 35.5. The lowest BCUT2D eigenvalue weighted by molar-refractivity contribution is 1.13. The number of fused-ring (bicyclic) bond motifs is 1. The van der Waals surface area contributed by atoms with Crippen LogP contribution in [0.15, 0.2) is 24.3 Å². The van der Waals surface area contributed by atoms with E-state index in [0.29, 0.717) is 5.25 Å². The molecular formula is C6H5ClS. The minimum absolute atomic E-state index is 0.0330. The molecule has 2 atom stereocenters. The van der Waals surface area contributed by atoms with Crippen LogP contribution >= 0.6 is 23.4 Å². The Morgan fingerprint density at radius 2 is 2.38 bits per heavy atom. The van der Waals surface area contributed by atoms with Gasteiger partial charge in [0.1, 0.15) is 4.21 Å². The smallest absolute Gasteiger partial charge is 0.123 e. The highest BCUT2D eigenvalue weighted by molar-refractivity contribution is 8.10. The van der Waals surface area contributed by atoms with Crippen molar-refractivity contribution in [2.75, 3.05) is 0 Å². The van der Waals surface area contributed by atoms with Crippen LogP contribution in [0.4, 0.5) is 0 Å². The molecule has 0 aromatic rings. The van der Waals surface area contributed by atoms with E-state index < -0.39 is 0 Å². The molecule has 0 amide bonds. The number of rotatable bonds is 0. The Balaban J connectivity index is 2.33. The van der Waals surface area contributed by atoms with Crippen molar-refractivity contribution in [3.63, 3.8) is 0 Å². The number of alkyl halides is 1. The molecule has 8 heavy (non-hydrogen) atoms. The van der Waals surface area contributed by atoms with E-state index in [1.807, 2.05) is 18.2 Å². The second-order valence-corrected chi connectivity index (χ2v) is 4.25. The highest BCUT2D eigenvalue weighted by Gasteiger charge is 2.51. The van der Waals surface area contributed by atoms with Gasteiger partial charge in [-0.2, -0.15) is 0 Å². The number of allylic oxidation sites excluding steroid dienone is 2. The lowest BCUT2D eigenvalue weighted by atomic mass is 10.2. The van der Waals surface area contributed by atoms with Crippen LogP contribution in [0, 0.1) is 0 Å². The monoisotopic (exact) mass is 144 g/mol. The molecule has 2 rings (SSSR count). The van der Waals surface area contributed by atoms with Gasteiger partial charge in [0.2, 0.25) is 0 Å². The lowest BCUT2D eigenvalue weighted by Crippen LogP contribution is -2.00. The molecule has 0 saturated carbocycles. The molecule has 42 valence electrons. The Morgan fingerprint density at radius 3 is 2.88 bits per heavy atom. The first-order valence-electron chi connectivity index (χ1n) is 2.54. The van der Waals surface area contributed by atoms with E-state index in [9.17, 15) is 0 Å². The second-order valence-electron chi connectivity index (χ2n) is 1.98. The Morgan fingerprint density at radius 1 is 1.50 bits per heavy atom. The van der Waals surface area contributed by atoms with Crippen molar-refractivity contribution in [3.8, 4) is 0 Å². The van der Waals surface area contributed by atoms with Gasteiger partial charge >= 0.3 is 0 Å². The quantitative estimate of drug-likeness (QED) is 0.371. The summed E-state index contributed by atoms with van der Waals surface area (Å²) in [4.78, 5) is 0. The van der Waals surface area contributed by atoms with Crippen molar-refractivity contribution in [2.24, 2.45) is 0 Å². The van der Waals surface area contributed by atoms with Crippen LogP contribution in [0.2, 0.25) is 0 Å². The fraction of sp³-hybridized carbons (Fsp3) is 0.333. The van der Waals surface area contributed by atoms with E-state index in [-0.39, 0.29) is 4.21 Å². The van der Waals surface area contributed by atoms with Gasteiger partial charge in [0.05, 0.1) is 5.25 Å². The molecule has 0 bridgehead atoms. The summed E-state index contributed by atoms with van der Waals surface area (Å²) in [6.07, 6.45) is 8.23. The first-order chi connectivity index (χ1) is 3.81. The van der Waals surface area contributed by atoms with E-state index in [4.69, 9.17) is 11.6 Å². The van der Waals surface area contributed by atoms with E-state index in [1.54, 1.807) is 11.8 Å². The lowest BCUT2D eigenvalue weighted by Gasteiger charge is -1.96. The van der Waals surface area contributed by atoms with E-state index in [1.165, 1.54) is 0 Å². The summed E-state index contributed by atoms with van der Waals surface area (Å²) in [5, 5.41) is 0.564. The van der Waals surface area contributed by atoms with Gasteiger partial charge in [0.25, 0.3) is 0 Å². The molecule has 1 heterocycles. The Bertz CT molecular complexity index is 173. The third kappa shape index (κ3) is 0.547.